The molecule has 1 fully saturated rings. The van der Waals surface area contributed by atoms with Gasteiger partial charge in [0.15, 0.2) is 0 Å². The van der Waals surface area contributed by atoms with Gasteiger partial charge < -0.3 is 10.6 Å². The van der Waals surface area contributed by atoms with Crippen molar-refractivity contribution >= 4 is 18.3 Å². The highest BCUT2D eigenvalue weighted by atomic mass is 35.5. The number of likely N-dealkylation sites (tertiary alicyclic amines) is 1. The Morgan fingerprint density at radius 1 is 1.55 bits per heavy atom. The van der Waals surface area contributed by atoms with Crippen LogP contribution in [0.25, 0.3) is 0 Å². The first-order chi connectivity index (χ1) is 9.08. The normalized spacial score (nSPS) is 19.6. The zero-order valence-corrected chi connectivity index (χ0v) is 12.5. The number of rotatable bonds is 4. The number of nitrogens with zero attached hydrogens (tertiary/aromatic N) is 1. The van der Waals surface area contributed by atoms with Crippen molar-refractivity contribution < 1.29 is 9.18 Å². The monoisotopic (exact) mass is 300 g/mol. The zero-order chi connectivity index (χ0) is 13.8. The van der Waals surface area contributed by atoms with E-state index in [0.717, 1.165) is 24.9 Å². The van der Waals surface area contributed by atoms with Gasteiger partial charge in [-0.15, -0.1) is 12.4 Å². The molecule has 1 aromatic rings. The number of carbonyl (C=O) groups excluding carboxylic acids is 1. The molecule has 0 spiro atoms. The highest BCUT2D eigenvalue weighted by Gasteiger charge is 2.29. The van der Waals surface area contributed by atoms with E-state index < -0.39 is 0 Å². The number of halogens is 2. The van der Waals surface area contributed by atoms with Crippen molar-refractivity contribution in [3.8, 4) is 0 Å². The lowest BCUT2D eigenvalue weighted by Crippen LogP contribution is -2.31. The maximum absolute atomic E-state index is 13.3. The number of hydrogen-bond donors (Lipinski definition) is 1. The third-order valence-corrected chi connectivity index (χ3v) is 3.62. The quantitative estimate of drug-likeness (QED) is 0.929. The Kier molecular flexibility index (Phi) is 6.43. The van der Waals surface area contributed by atoms with Gasteiger partial charge in [-0.25, -0.2) is 4.39 Å². The van der Waals surface area contributed by atoms with Gasteiger partial charge in [-0.1, -0.05) is 12.1 Å². The van der Waals surface area contributed by atoms with Gasteiger partial charge in [0.1, 0.15) is 5.82 Å². The van der Waals surface area contributed by atoms with Crippen LogP contribution in [0.15, 0.2) is 24.3 Å². The van der Waals surface area contributed by atoms with E-state index in [0.29, 0.717) is 12.8 Å². The molecule has 5 heteroatoms. The Balaban J connectivity index is 0.00000200. The van der Waals surface area contributed by atoms with E-state index in [4.69, 9.17) is 5.73 Å². The van der Waals surface area contributed by atoms with Crippen molar-refractivity contribution in [2.24, 2.45) is 5.73 Å². The van der Waals surface area contributed by atoms with Crippen molar-refractivity contribution in [3.63, 3.8) is 0 Å². The van der Waals surface area contributed by atoms with Gasteiger partial charge in [0.05, 0.1) is 6.04 Å². The van der Waals surface area contributed by atoms with Gasteiger partial charge in [0, 0.05) is 19.0 Å². The van der Waals surface area contributed by atoms with E-state index in [1.54, 1.807) is 6.07 Å². The Bertz CT molecular complexity index is 453. The average Bonchev–Trinajstić information content (AvgIpc) is 2.85. The highest BCUT2D eigenvalue weighted by Crippen LogP contribution is 2.32. The maximum Gasteiger partial charge on any atom is 0.223 e. The molecule has 2 atom stereocenters. The minimum absolute atomic E-state index is 0. The Morgan fingerprint density at radius 3 is 2.95 bits per heavy atom. The molecule has 1 saturated heterocycles. The molecule has 112 valence electrons. The number of carbonyl (C=O) groups is 1. The summed E-state index contributed by atoms with van der Waals surface area (Å²) < 4.78 is 13.3. The highest BCUT2D eigenvalue weighted by molar-refractivity contribution is 5.85. The molecule has 0 aromatic heterocycles. The first-order valence-corrected chi connectivity index (χ1v) is 6.88. The van der Waals surface area contributed by atoms with E-state index in [1.807, 2.05) is 17.9 Å². The molecule has 1 aliphatic heterocycles. The van der Waals surface area contributed by atoms with Crippen LogP contribution in [0.3, 0.4) is 0 Å². The van der Waals surface area contributed by atoms with Crippen molar-refractivity contribution in [3.05, 3.63) is 35.6 Å². The van der Waals surface area contributed by atoms with E-state index in [9.17, 15) is 9.18 Å². The molecule has 2 N–H and O–H groups in total. The fraction of sp³-hybridized carbons (Fsp3) is 0.533. The summed E-state index contributed by atoms with van der Waals surface area (Å²) in [6, 6.07) is 6.62. The van der Waals surface area contributed by atoms with E-state index in [1.165, 1.54) is 12.1 Å². The molecule has 1 heterocycles. The Hall–Kier alpha value is -1.13. The third kappa shape index (κ3) is 4.18. The molecule has 0 saturated carbocycles. The Morgan fingerprint density at radius 2 is 2.30 bits per heavy atom. The van der Waals surface area contributed by atoms with Gasteiger partial charge >= 0.3 is 0 Å². The van der Waals surface area contributed by atoms with Gasteiger partial charge in [0.25, 0.3) is 0 Å². The third-order valence-electron chi connectivity index (χ3n) is 3.62. The minimum atomic E-state index is -0.243. The zero-order valence-electron chi connectivity index (χ0n) is 11.7. The van der Waals surface area contributed by atoms with E-state index in [-0.39, 0.29) is 36.2 Å². The summed E-state index contributed by atoms with van der Waals surface area (Å²) in [4.78, 5) is 14.1. The van der Waals surface area contributed by atoms with Crippen LogP contribution in [-0.4, -0.2) is 23.4 Å². The van der Waals surface area contributed by atoms with Crippen molar-refractivity contribution in [2.75, 3.05) is 6.54 Å². The van der Waals surface area contributed by atoms with E-state index in [2.05, 4.69) is 0 Å². The lowest BCUT2D eigenvalue weighted by atomic mass is 10.0. The van der Waals surface area contributed by atoms with Crippen molar-refractivity contribution in [1.82, 2.24) is 4.90 Å². The summed E-state index contributed by atoms with van der Waals surface area (Å²) in [5.41, 5.74) is 6.58. The SMILES string of the molecule is CC(N)CCC(=O)N1CCCC1c1cccc(F)c1.Cl. The molecular weight excluding hydrogens is 279 g/mol. The standard InChI is InChI=1S/C15H21FN2O.ClH/c1-11(17)7-8-15(19)18-9-3-6-14(18)12-4-2-5-13(16)10-12;/h2,4-5,10-11,14H,3,6-9,17H2,1H3;1H. The Labute approximate surface area is 125 Å². The predicted molar refractivity (Wildman–Crippen MR) is 80.2 cm³/mol. The summed E-state index contributed by atoms with van der Waals surface area (Å²) in [6.45, 7) is 2.67. The molecule has 20 heavy (non-hydrogen) atoms. The fourth-order valence-corrected chi connectivity index (χ4v) is 2.62. The van der Waals surface area contributed by atoms with Crippen LogP contribution < -0.4 is 5.73 Å². The van der Waals surface area contributed by atoms with Gasteiger partial charge in [-0.2, -0.15) is 0 Å². The molecule has 0 radical (unpaired) electrons. The molecule has 1 amide bonds. The number of hydrogen-bond acceptors (Lipinski definition) is 2. The predicted octanol–water partition coefficient (Wildman–Crippen LogP) is 3.04. The molecule has 0 bridgehead atoms. The van der Waals surface area contributed by atoms with Crippen LogP contribution in [-0.2, 0) is 4.79 Å². The summed E-state index contributed by atoms with van der Waals surface area (Å²) in [5.74, 6) is -0.114. The van der Waals surface area contributed by atoms with Crippen LogP contribution in [0.2, 0.25) is 0 Å². The second-order valence-corrected chi connectivity index (χ2v) is 5.32. The molecule has 2 unspecified atom stereocenters. The molecule has 1 aromatic carbocycles. The van der Waals surface area contributed by atoms with Crippen LogP contribution in [0.5, 0.6) is 0 Å². The molecule has 3 nitrogen and oxygen atoms in total. The molecule has 0 aliphatic carbocycles. The summed E-state index contributed by atoms with van der Waals surface area (Å²) >= 11 is 0. The number of amides is 1. The topological polar surface area (TPSA) is 46.3 Å². The largest absolute Gasteiger partial charge is 0.336 e. The number of nitrogens with two attached hydrogens (primary N) is 1. The molecular formula is C15H22ClFN2O. The minimum Gasteiger partial charge on any atom is -0.336 e. The van der Waals surface area contributed by atoms with E-state index >= 15 is 0 Å². The van der Waals surface area contributed by atoms with Crippen LogP contribution in [0, 0.1) is 5.82 Å². The first kappa shape index (κ1) is 16.9. The lowest BCUT2D eigenvalue weighted by molar-refractivity contribution is -0.132. The summed E-state index contributed by atoms with van der Waals surface area (Å²) in [5, 5.41) is 0. The van der Waals surface area contributed by atoms with Gasteiger partial charge in [0.2, 0.25) is 5.91 Å². The first-order valence-electron chi connectivity index (χ1n) is 6.88. The molecule has 2 rings (SSSR count). The second kappa shape index (κ2) is 7.60. The van der Waals surface area contributed by atoms with Crippen molar-refractivity contribution in [1.29, 1.82) is 0 Å². The lowest BCUT2D eigenvalue weighted by Gasteiger charge is -2.25. The second-order valence-electron chi connectivity index (χ2n) is 5.32. The summed E-state index contributed by atoms with van der Waals surface area (Å²) in [7, 11) is 0. The fourth-order valence-electron chi connectivity index (χ4n) is 2.62. The van der Waals surface area contributed by atoms with Crippen LogP contribution in [0.1, 0.15) is 44.2 Å². The summed E-state index contributed by atoms with van der Waals surface area (Å²) in [6.07, 6.45) is 3.06. The van der Waals surface area contributed by atoms with Crippen molar-refractivity contribution in [2.45, 2.75) is 44.7 Å². The number of benzene rings is 1. The average molecular weight is 301 g/mol. The smallest absolute Gasteiger partial charge is 0.223 e. The van der Waals surface area contributed by atoms with Crippen LogP contribution >= 0.6 is 12.4 Å². The van der Waals surface area contributed by atoms with Gasteiger partial charge in [-0.3, -0.25) is 4.79 Å². The molecule has 1 aliphatic rings. The maximum atomic E-state index is 13.3. The van der Waals surface area contributed by atoms with Crippen LogP contribution in [0.4, 0.5) is 4.39 Å². The van der Waals surface area contributed by atoms with Gasteiger partial charge in [-0.05, 0) is 43.9 Å².